The van der Waals surface area contributed by atoms with Crippen LogP contribution in [0.1, 0.15) is 5.82 Å². The fraction of sp³-hybridized carbons (Fsp3) is 0.364. The van der Waals surface area contributed by atoms with Gasteiger partial charge in [-0.15, -0.1) is 5.10 Å². The number of aromatic nitrogens is 4. The van der Waals surface area contributed by atoms with Crippen molar-refractivity contribution in [3.05, 3.63) is 33.7 Å². The Hall–Kier alpha value is -1.06. The Balaban J connectivity index is 2.10. The van der Waals surface area contributed by atoms with Crippen LogP contribution >= 0.6 is 22.6 Å². The highest BCUT2D eigenvalue weighted by atomic mass is 127. The van der Waals surface area contributed by atoms with Gasteiger partial charge in [-0.05, 0) is 45.2 Å². The molecule has 0 aliphatic rings. The number of nitrogens with zero attached hydrogens (tertiary/aromatic N) is 4. The molecule has 2 rings (SSSR count). The molecule has 0 fully saturated rings. The van der Waals surface area contributed by atoms with Crippen LogP contribution in [0.5, 0.6) is 0 Å². The molecule has 96 valence electrons. The minimum Gasteiger partial charge on any atom is -0.383 e. The predicted molar refractivity (Wildman–Crippen MR) is 75.5 cm³/mol. The molecule has 0 amide bonds. The second-order valence-electron chi connectivity index (χ2n) is 3.63. The zero-order valence-electron chi connectivity index (χ0n) is 10.0. The van der Waals surface area contributed by atoms with Crippen LogP contribution in [0.3, 0.4) is 0 Å². The smallest absolute Gasteiger partial charge is 0.170 e. The van der Waals surface area contributed by atoms with E-state index in [1.54, 1.807) is 11.8 Å². The molecule has 1 aromatic heterocycles. The summed E-state index contributed by atoms with van der Waals surface area (Å²) in [5.74, 6) is 0.787. The second kappa shape index (κ2) is 6.76. The van der Waals surface area contributed by atoms with Gasteiger partial charge in [-0.1, -0.05) is 12.1 Å². The molecular formula is C11H14IN5O. The first-order valence-electron chi connectivity index (χ1n) is 5.54. The number of hydrogen-bond donors (Lipinski definition) is 1. The van der Waals surface area contributed by atoms with E-state index in [-0.39, 0.29) is 0 Å². The Bertz CT molecular complexity index is 502. The third-order valence-electron chi connectivity index (χ3n) is 2.38. The van der Waals surface area contributed by atoms with E-state index in [0.29, 0.717) is 13.2 Å². The van der Waals surface area contributed by atoms with Gasteiger partial charge in [0.05, 0.1) is 18.8 Å². The molecule has 0 saturated carbocycles. The highest BCUT2D eigenvalue weighted by Gasteiger charge is 2.09. The number of hydrogen-bond acceptors (Lipinski definition) is 5. The fourth-order valence-corrected chi connectivity index (χ4v) is 2.12. The molecule has 0 spiro atoms. The third-order valence-corrected chi connectivity index (χ3v) is 3.29. The van der Waals surface area contributed by atoms with Gasteiger partial charge in [-0.3, -0.25) is 0 Å². The molecule has 0 aliphatic heterocycles. The maximum Gasteiger partial charge on any atom is 0.170 e. The van der Waals surface area contributed by atoms with Crippen molar-refractivity contribution < 1.29 is 4.74 Å². The van der Waals surface area contributed by atoms with Crippen molar-refractivity contribution in [3.8, 4) is 5.69 Å². The molecule has 0 radical (unpaired) electrons. The van der Waals surface area contributed by atoms with Gasteiger partial charge in [-0.2, -0.15) is 4.68 Å². The maximum absolute atomic E-state index is 4.97. The Morgan fingerprint density at radius 3 is 3.00 bits per heavy atom. The highest BCUT2D eigenvalue weighted by Crippen LogP contribution is 2.16. The first kappa shape index (κ1) is 13.4. The van der Waals surface area contributed by atoms with Crippen LogP contribution in [0.2, 0.25) is 0 Å². The molecule has 0 saturated heterocycles. The number of methoxy groups -OCH3 is 1. The molecule has 0 aliphatic carbocycles. The van der Waals surface area contributed by atoms with Gasteiger partial charge >= 0.3 is 0 Å². The first-order valence-corrected chi connectivity index (χ1v) is 6.62. The lowest BCUT2D eigenvalue weighted by Crippen LogP contribution is -2.21. The molecule has 1 aromatic carbocycles. The second-order valence-corrected chi connectivity index (χ2v) is 4.79. The largest absolute Gasteiger partial charge is 0.383 e. The van der Waals surface area contributed by atoms with E-state index < -0.39 is 0 Å². The quantitative estimate of drug-likeness (QED) is 0.616. The van der Waals surface area contributed by atoms with E-state index in [4.69, 9.17) is 4.74 Å². The number of rotatable bonds is 6. The summed E-state index contributed by atoms with van der Waals surface area (Å²) >= 11 is 2.27. The molecule has 1 N–H and O–H groups in total. The molecule has 6 nitrogen and oxygen atoms in total. The van der Waals surface area contributed by atoms with Crippen molar-refractivity contribution in [3.63, 3.8) is 0 Å². The molecule has 18 heavy (non-hydrogen) atoms. The summed E-state index contributed by atoms with van der Waals surface area (Å²) in [5, 5.41) is 15.0. The van der Waals surface area contributed by atoms with Crippen molar-refractivity contribution >= 4 is 22.6 Å². The van der Waals surface area contributed by atoms with Gasteiger partial charge in [0.15, 0.2) is 5.82 Å². The minimum atomic E-state index is 0.612. The zero-order chi connectivity index (χ0) is 12.8. The van der Waals surface area contributed by atoms with Crippen LogP contribution in [0.25, 0.3) is 5.69 Å². The number of para-hydroxylation sites is 1. The Kier molecular flexibility index (Phi) is 5.02. The third kappa shape index (κ3) is 3.24. The average Bonchev–Trinajstić information content (AvgIpc) is 2.83. The molecular weight excluding hydrogens is 345 g/mol. The monoisotopic (exact) mass is 359 g/mol. The average molecular weight is 359 g/mol. The lowest BCUT2D eigenvalue weighted by Gasteiger charge is -2.07. The number of tetrazole rings is 1. The van der Waals surface area contributed by atoms with Gasteiger partial charge in [0.25, 0.3) is 0 Å². The Labute approximate surface area is 119 Å². The predicted octanol–water partition coefficient (Wildman–Crippen LogP) is 1.00. The number of halogens is 1. The molecule has 0 unspecified atom stereocenters. The van der Waals surface area contributed by atoms with E-state index in [9.17, 15) is 0 Å². The SMILES string of the molecule is COCCNCc1nnnn1-c1ccccc1I. The molecule has 0 bridgehead atoms. The topological polar surface area (TPSA) is 64.9 Å². The van der Waals surface area contributed by atoms with Gasteiger partial charge in [-0.25, -0.2) is 0 Å². The van der Waals surface area contributed by atoms with E-state index in [1.165, 1.54) is 0 Å². The Morgan fingerprint density at radius 1 is 1.39 bits per heavy atom. The summed E-state index contributed by atoms with van der Waals surface area (Å²) in [5.41, 5.74) is 0.992. The van der Waals surface area contributed by atoms with Gasteiger partial charge in [0.1, 0.15) is 0 Å². The normalized spacial score (nSPS) is 10.8. The highest BCUT2D eigenvalue weighted by molar-refractivity contribution is 14.1. The summed E-state index contributed by atoms with van der Waals surface area (Å²) in [6.45, 7) is 2.06. The summed E-state index contributed by atoms with van der Waals surface area (Å²) in [6, 6.07) is 7.99. The molecule has 1 heterocycles. The van der Waals surface area contributed by atoms with Crippen molar-refractivity contribution in [2.45, 2.75) is 6.54 Å². The van der Waals surface area contributed by atoms with Crippen LogP contribution in [0.15, 0.2) is 24.3 Å². The number of ether oxygens (including phenoxy) is 1. The van der Waals surface area contributed by atoms with Crippen LogP contribution in [0, 0.1) is 3.57 Å². The fourth-order valence-electron chi connectivity index (χ4n) is 1.50. The number of nitrogens with one attached hydrogen (secondary N) is 1. The van der Waals surface area contributed by atoms with Crippen LogP contribution in [-0.4, -0.2) is 40.5 Å². The zero-order valence-corrected chi connectivity index (χ0v) is 12.2. The van der Waals surface area contributed by atoms with Crippen molar-refractivity contribution in [1.29, 1.82) is 0 Å². The van der Waals surface area contributed by atoms with Gasteiger partial charge < -0.3 is 10.1 Å². The minimum absolute atomic E-state index is 0.612. The number of benzene rings is 1. The van der Waals surface area contributed by atoms with Crippen molar-refractivity contribution in [1.82, 2.24) is 25.5 Å². The Morgan fingerprint density at radius 2 is 2.22 bits per heavy atom. The summed E-state index contributed by atoms with van der Waals surface area (Å²) in [6.07, 6.45) is 0. The van der Waals surface area contributed by atoms with Crippen LogP contribution < -0.4 is 5.32 Å². The van der Waals surface area contributed by atoms with Crippen molar-refractivity contribution in [2.24, 2.45) is 0 Å². The molecule has 2 aromatic rings. The van der Waals surface area contributed by atoms with E-state index in [0.717, 1.165) is 21.6 Å². The van der Waals surface area contributed by atoms with Crippen LogP contribution in [0.4, 0.5) is 0 Å². The molecule has 7 heteroatoms. The van der Waals surface area contributed by atoms with Gasteiger partial charge in [0, 0.05) is 17.2 Å². The summed E-state index contributed by atoms with van der Waals surface area (Å²) in [7, 11) is 1.68. The van der Waals surface area contributed by atoms with Gasteiger partial charge in [0.2, 0.25) is 0 Å². The lowest BCUT2D eigenvalue weighted by molar-refractivity contribution is 0.199. The summed E-state index contributed by atoms with van der Waals surface area (Å²) < 4.78 is 7.84. The molecule has 0 atom stereocenters. The van der Waals surface area contributed by atoms with E-state index in [1.807, 2.05) is 24.3 Å². The lowest BCUT2D eigenvalue weighted by atomic mass is 10.3. The summed E-state index contributed by atoms with van der Waals surface area (Å²) in [4.78, 5) is 0. The van der Waals surface area contributed by atoms with E-state index in [2.05, 4.69) is 43.4 Å². The standard InChI is InChI=1S/C11H14IN5O/c1-18-7-6-13-8-11-14-15-16-17(11)10-5-3-2-4-9(10)12/h2-5,13H,6-8H2,1H3. The van der Waals surface area contributed by atoms with Crippen molar-refractivity contribution in [2.75, 3.05) is 20.3 Å². The van der Waals surface area contributed by atoms with Crippen LogP contribution in [-0.2, 0) is 11.3 Å². The first-order chi connectivity index (χ1) is 8.83. The van der Waals surface area contributed by atoms with E-state index >= 15 is 0 Å². The maximum atomic E-state index is 4.97.